The molecule has 3 aromatic carbocycles. The molecule has 134 valence electrons. The molecule has 0 atom stereocenters. The van der Waals surface area contributed by atoms with Crippen molar-refractivity contribution in [2.75, 3.05) is 0 Å². The fourth-order valence-electron chi connectivity index (χ4n) is 2.92. The lowest BCUT2D eigenvalue weighted by Gasteiger charge is -2.09. The second-order valence-corrected chi connectivity index (χ2v) is 6.99. The molecule has 1 heterocycles. The summed E-state index contributed by atoms with van der Waals surface area (Å²) in [5.41, 5.74) is 2.06. The van der Waals surface area contributed by atoms with Gasteiger partial charge in [-0.3, -0.25) is 4.79 Å². The number of carbonyl (C=O) groups excluding carboxylic acids is 1. The third-order valence-electron chi connectivity index (χ3n) is 4.26. The Bertz CT molecular complexity index is 1040. The number of hydrogen-bond donors (Lipinski definition) is 1. The molecule has 0 aliphatic carbocycles. The van der Waals surface area contributed by atoms with Crippen LogP contribution in [0.25, 0.3) is 10.8 Å². The van der Waals surface area contributed by atoms with E-state index in [9.17, 15) is 4.79 Å². The monoisotopic (exact) mass is 374 g/mol. The SMILES string of the molecule is O=C(Cc1cccc2ccccc12)NCc1ccc(Oc2nccs2)cc1. The molecule has 0 unspecified atom stereocenters. The van der Waals surface area contributed by atoms with Crippen molar-refractivity contribution in [1.29, 1.82) is 0 Å². The summed E-state index contributed by atoms with van der Waals surface area (Å²) < 4.78 is 5.64. The number of hydrogen-bond acceptors (Lipinski definition) is 4. The van der Waals surface area contributed by atoms with Gasteiger partial charge in [-0.1, -0.05) is 65.9 Å². The molecule has 0 saturated heterocycles. The topological polar surface area (TPSA) is 51.2 Å². The van der Waals surface area contributed by atoms with Gasteiger partial charge < -0.3 is 10.1 Å². The highest BCUT2D eigenvalue weighted by Gasteiger charge is 2.07. The summed E-state index contributed by atoms with van der Waals surface area (Å²) in [7, 11) is 0. The van der Waals surface area contributed by atoms with Crippen molar-refractivity contribution in [1.82, 2.24) is 10.3 Å². The van der Waals surface area contributed by atoms with Gasteiger partial charge in [0.2, 0.25) is 5.91 Å². The summed E-state index contributed by atoms with van der Waals surface area (Å²) in [5.74, 6) is 0.741. The molecular weight excluding hydrogens is 356 g/mol. The quantitative estimate of drug-likeness (QED) is 0.520. The maximum atomic E-state index is 12.4. The molecule has 0 saturated carbocycles. The predicted molar refractivity (Wildman–Crippen MR) is 108 cm³/mol. The molecule has 0 aliphatic heterocycles. The van der Waals surface area contributed by atoms with Crippen molar-refractivity contribution >= 4 is 28.0 Å². The number of thiazole rings is 1. The van der Waals surface area contributed by atoms with Crippen LogP contribution in [0.3, 0.4) is 0 Å². The summed E-state index contributed by atoms with van der Waals surface area (Å²) in [4.78, 5) is 16.5. The first kappa shape index (κ1) is 17.2. The number of nitrogens with one attached hydrogen (secondary N) is 1. The molecule has 27 heavy (non-hydrogen) atoms. The largest absolute Gasteiger partial charge is 0.431 e. The van der Waals surface area contributed by atoms with Gasteiger partial charge in [0.1, 0.15) is 5.75 Å². The summed E-state index contributed by atoms with van der Waals surface area (Å²) in [5, 5.41) is 7.75. The Hall–Kier alpha value is -3.18. The zero-order valence-electron chi connectivity index (χ0n) is 14.6. The maximum absolute atomic E-state index is 12.4. The normalized spacial score (nSPS) is 10.7. The number of amides is 1. The lowest BCUT2D eigenvalue weighted by atomic mass is 10.0. The number of fused-ring (bicyclic) bond motifs is 1. The van der Waals surface area contributed by atoms with E-state index in [-0.39, 0.29) is 5.91 Å². The number of benzene rings is 3. The molecule has 0 fully saturated rings. The van der Waals surface area contributed by atoms with E-state index >= 15 is 0 Å². The van der Waals surface area contributed by atoms with Crippen LogP contribution in [0.15, 0.2) is 78.3 Å². The minimum absolute atomic E-state index is 0.00876. The van der Waals surface area contributed by atoms with Crippen molar-refractivity contribution in [2.45, 2.75) is 13.0 Å². The molecule has 1 aromatic heterocycles. The Morgan fingerprint density at radius 3 is 2.63 bits per heavy atom. The molecule has 5 heteroatoms. The van der Waals surface area contributed by atoms with Gasteiger partial charge in [0.15, 0.2) is 0 Å². The van der Waals surface area contributed by atoms with Crippen LogP contribution in [-0.2, 0) is 17.8 Å². The highest BCUT2D eigenvalue weighted by atomic mass is 32.1. The van der Waals surface area contributed by atoms with E-state index in [0.717, 1.165) is 27.6 Å². The molecule has 1 N–H and O–H groups in total. The number of rotatable bonds is 6. The average Bonchev–Trinajstić information content (AvgIpc) is 3.21. The molecule has 4 rings (SSSR count). The molecule has 0 spiro atoms. The van der Waals surface area contributed by atoms with Crippen molar-refractivity contribution in [3.05, 3.63) is 89.4 Å². The first-order valence-corrected chi connectivity index (χ1v) is 9.55. The number of nitrogens with zero attached hydrogens (tertiary/aromatic N) is 1. The van der Waals surface area contributed by atoms with Gasteiger partial charge in [0.05, 0.1) is 6.42 Å². The van der Waals surface area contributed by atoms with Crippen molar-refractivity contribution < 1.29 is 9.53 Å². The van der Waals surface area contributed by atoms with Crippen molar-refractivity contribution in [3.63, 3.8) is 0 Å². The second-order valence-electron chi connectivity index (χ2n) is 6.14. The first-order chi connectivity index (χ1) is 13.3. The minimum atomic E-state index is 0.00876. The predicted octanol–water partition coefficient (Wildman–Crippen LogP) is 4.95. The third kappa shape index (κ3) is 4.33. The van der Waals surface area contributed by atoms with Crippen molar-refractivity contribution in [2.24, 2.45) is 0 Å². The third-order valence-corrected chi connectivity index (χ3v) is 4.91. The molecule has 4 nitrogen and oxygen atoms in total. The van der Waals surface area contributed by atoms with Crippen LogP contribution >= 0.6 is 11.3 Å². The van der Waals surface area contributed by atoms with E-state index in [4.69, 9.17) is 4.74 Å². The van der Waals surface area contributed by atoms with E-state index in [2.05, 4.69) is 28.5 Å². The smallest absolute Gasteiger partial charge is 0.278 e. The minimum Gasteiger partial charge on any atom is -0.431 e. The fraction of sp³-hybridized carbons (Fsp3) is 0.0909. The van der Waals surface area contributed by atoms with Crippen LogP contribution in [-0.4, -0.2) is 10.9 Å². The van der Waals surface area contributed by atoms with Crippen LogP contribution in [0.4, 0.5) is 0 Å². The Labute approximate surface area is 161 Å². The van der Waals surface area contributed by atoms with Gasteiger partial charge >= 0.3 is 0 Å². The van der Waals surface area contributed by atoms with E-state index in [1.54, 1.807) is 6.20 Å². The summed E-state index contributed by atoms with van der Waals surface area (Å²) in [6, 6.07) is 21.8. The average molecular weight is 374 g/mol. The van der Waals surface area contributed by atoms with Gasteiger partial charge in [-0.2, -0.15) is 0 Å². The molecule has 0 aliphatic rings. The van der Waals surface area contributed by atoms with Crippen LogP contribution < -0.4 is 10.1 Å². The maximum Gasteiger partial charge on any atom is 0.278 e. The summed E-state index contributed by atoms with van der Waals surface area (Å²) >= 11 is 1.45. The van der Waals surface area contributed by atoms with Crippen molar-refractivity contribution in [3.8, 4) is 10.9 Å². The number of ether oxygens (including phenoxy) is 1. The van der Waals surface area contributed by atoms with Gasteiger partial charge in [0, 0.05) is 18.1 Å². The second kappa shape index (κ2) is 8.01. The van der Waals surface area contributed by atoms with Gasteiger partial charge in [-0.15, -0.1) is 0 Å². The molecule has 1 amide bonds. The van der Waals surface area contributed by atoms with Crippen LogP contribution in [0.1, 0.15) is 11.1 Å². The summed E-state index contributed by atoms with van der Waals surface area (Å²) in [6.45, 7) is 0.487. The van der Waals surface area contributed by atoms with Crippen LogP contribution in [0.5, 0.6) is 10.9 Å². The zero-order valence-corrected chi connectivity index (χ0v) is 15.4. The van der Waals surface area contributed by atoms with Gasteiger partial charge in [-0.25, -0.2) is 4.98 Å². The zero-order chi connectivity index (χ0) is 18.5. The highest BCUT2D eigenvalue weighted by Crippen LogP contribution is 2.23. The Morgan fingerprint density at radius 2 is 1.81 bits per heavy atom. The lowest BCUT2D eigenvalue weighted by Crippen LogP contribution is -2.24. The van der Waals surface area contributed by atoms with Gasteiger partial charge in [-0.05, 0) is 34.0 Å². The van der Waals surface area contributed by atoms with Crippen LogP contribution in [0, 0.1) is 0 Å². The van der Waals surface area contributed by atoms with E-state index in [1.807, 2.05) is 53.9 Å². The molecule has 0 bridgehead atoms. The Morgan fingerprint density at radius 1 is 1.00 bits per heavy atom. The first-order valence-electron chi connectivity index (χ1n) is 8.67. The van der Waals surface area contributed by atoms with E-state index < -0.39 is 0 Å². The highest BCUT2D eigenvalue weighted by molar-refractivity contribution is 7.11. The number of carbonyl (C=O) groups is 1. The Kier molecular flexibility index (Phi) is 5.12. The van der Waals surface area contributed by atoms with Gasteiger partial charge in [0.25, 0.3) is 5.19 Å². The number of aromatic nitrogens is 1. The lowest BCUT2D eigenvalue weighted by molar-refractivity contribution is -0.120. The summed E-state index contributed by atoms with van der Waals surface area (Å²) in [6.07, 6.45) is 2.08. The standard InChI is InChI=1S/C22H18N2O2S/c25-21(14-18-6-3-5-17-4-1-2-7-20(17)18)24-15-16-8-10-19(11-9-16)26-22-23-12-13-27-22/h1-13H,14-15H2,(H,24,25). The van der Waals surface area contributed by atoms with Crippen LogP contribution in [0.2, 0.25) is 0 Å². The molecular formula is C22H18N2O2S. The van der Waals surface area contributed by atoms with E-state index in [0.29, 0.717) is 18.2 Å². The molecule has 0 radical (unpaired) electrons. The Balaban J connectivity index is 1.35. The van der Waals surface area contributed by atoms with E-state index in [1.165, 1.54) is 11.3 Å². The fourth-order valence-corrected chi connectivity index (χ4v) is 3.42. The molecule has 4 aromatic rings.